The third-order valence-corrected chi connectivity index (χ3v) is 5.10. The molecule has 1 aromatic heterocycles. The van der Waals surface area contributed by atoms with Crippen molar-refractivity contribution in [1.29, 1.82) is 0 Å². The first-order valence-corrected chi connectivity index (χ1v) is 9.20. The van der Waals surface area contributed by atoms with Gasteiger partial charge in [0.1, 0.15) is 0 Å². The lowest BCUT2D eigenvalue weighted by atomic mass is 10.00. The van der Waals surface area contributed by atoms with Gasteiger partial charge in [0.2, 0.25) is 0 Å². The lowest BCUT2D eigenvalue weighted by Gasteiger charge is -2.10. The number of methoxy groups -OCH3 is 2. The number of aromatic amines is 1. The molecule has 132 valence electrons. The summed E-state index contributed by atoms with van der Waals surface area (Å²) in [5, 5.41) is 1.25. The van der Waals surface area contributed by atoms with Crippen molar-refractivity contribution in [2.75, 3.05) is 20.8 Å². The molecule has 0 aliphatic rings. The maximum atomic E-state index is 5.68. The molecule has 5 heteroatoms. The maximum absolute atomic E-state index is 5.68. The summed E-state index contributed by atoms with van der Waals surface area (Å²) < 4.78 is 11.9. The van der Waals surface area contributed by atoms with Crippen LogP contribution < -0.4 is 15.2 Å². The van der Waals surface area contributed by atoms with E-state index < -0.39 is 0 Å². The van der Waals surface area contributed by atoms with E-state index >= 15 is 0 Å². The van der Waals surface area contributed by atoms with E-state index in [1.807, 2.05) is 12.1 Å². The van der Waals surface area contributed by atoms with Crippen LogP contribution in [0.4, 0.5) is 0 Å². The Hall–Kier alpha value is -1.98. The number of hydrogen-bond acceptors (Lipinski definition) is 3. The average Bonchev–Trinajstić information content (AvgIpc) is 3.01. The molecule has 0 spiro atoms. The first kappa shape index (κ1) is 17.8. The van der Waals surface area contributed by atoms with Crippen LogP contribution in [0, 0.1) is 0 Å². The van der Waals surface area contributed by atoms with Gasteiger partial charge < -0.3 is 20.2 Å². The van der Waals surface area contributed by atoms with E-state index in [0.29, 0.717) is 0 Å². The summed E-state index contributed by atoms with van der Waals surface area (Å²) in [5.41, 5.74) is 10.3. The Kier molecular flexibility index (Phi) is 5.66. The van der Waals surface area contributed by atoms with E-state index in [9.17, 15) is 0 Å². The predicted molar refractivity (Wildman–Crippen MR) is 107 cm³/mol. The minimum atomic E-state index is 0.720. The zero-order chi connectivity index (χ0) is 17.8. The average molecular weight is 403 g/mol. The third kappa shape index (κ3) is 3.53. The number of benzene rings is 2. The standard InChI is InChI=1S/C20H23BrN2O2/c1-24-17-10-9-13(12-18(17)25-2)19-14(6-3-4-11-22)15-7-5-8-16(21)20(15)23-19/h5,7-10,12,23H,3-4,6,11,22H2,1-2H3. The highest BCUT2D eigenvalue weighted by atomic mass is 79.9. The Morgan fingerprint density at radius 3 is 2.56 bits per heavy atom. The molecule has 0 saturated carbocycles. The van der Waals surface area contributed by atoms with Gasteiger partial charge in [0.15, 0.2) is 11.5 Å². The molecule has 0 radical (unpaired) electrons. The topological polar surface area (TPSA) is 60.3 Å². The fraction of sp³-hybridized carbons (Fsp3) is 0.300. The van der Waals surface area contributed by atoms with Crippen molar-refractivity contribution in [2.45, 2.75) is 19.3 Å². The number of fused-ring (bicyclic) bond motifs is 1. The SMILES string of the molecule is COc1ccc(-c2[nH]c3c(Br)cccc3c2CCCCN)cc1OC. The largest absolute Gasteiger partial charge is 0.493 e. The number of rotatable bonds is 7. The number of nitrogens with one attached hydrogen (secondary N) is 1. The van der Waals surface area contributed by atoms with Gasteiger partial charge in [-0.1, -0.05) is 12.1 Å². The number of aryl methyl sites for hydroxylation is 1. The van der Waals surface area contributed by atoms with Crippen molar-refractivity contribution in [3.05, 3.63) is 46.4 Å². The smallest absolute Gasteiger partial charge is 0.161 e. The Morgan fingerprint density at radius 2 is 1.84 bits per heavy atom. The molecule has 1 heterocycles. The van der Waals surface area contributed by atoms with Gasteiger partial charge in [-0.3, -0.25) is 0 Å². The molecular weight excluding hydrogens is 380 g/mol. The van der Waals surface area contributed by atoms with Gasteiger partial charge in [-0.25, -0.2) is 0 Å². The molecule has 0 fully saturated rings. The molecule has 3 rings (SSSR count). The summed E-state index contributed by atoms with van der Waals surface area (Å²) in [4.78, 5) is 3.59. The van der Waals surface area contributed by atoms with Gasteiger partial charge in [-0.2, -0.15) is 0 Å². The van der Waals surface area contributed by atoms with Gasteiger partial charge in [-0.05, 0) is 71.6 Å². The van der Waals surface area contributed by atoms with Gasteiger partial charge in [0.05, 0.1) is 19.7 Å². The zero-order valence-corrected chi connectivity index (χ0v) is 16.2. The number of para-hydroxylation sites is 1. The number of halogens is 1. The monoisotopic (exact) mass is 402 g/mol. The molecule has 0 bridgehead atoms. The van der Waals surface area contributed by atoms with Crippen molar-refractivity contribution in [1.82, 2.24) is 4.98 Å². The second-order valence-corrected chi connectivity index (χ2v) is 6.81. The van der Waals surface area contributed by atoms with E-state index in [1.54, 1.807) is 14.2 Å². The summed E-state index contributed by atoms with van der Waals surface area (Å²) in [6.45, 7) is 0.720. The second kappa shape index (κ2) is 7.93. The summed E-state index contributed by atoms with van der Waals surface area (Å²) in [6.07, 6.45) is 3.07. The van der Waals surface area contributed by atoms with E-state index in [0.717, 1.165) is 58.6 Å². The quantitative estimate of drug-likeness (QED) is 0.552. The van der Waals surface area contributed by atoms with Crippen LogP contribution in [0.25, 0.3) is 22.2 Å². The van der Waals surface area contributed by atoms with Crippen LogP contribution in [0.5, 0.6) is 11.5 Å². The maximum Gasteiger partial charge on any atom is 0.161 e. The van der Waals surface area contributed by atoms with Crippen molar-refractivity contribution >= 4 is 26.8 Å². The first-order valence-electron chi connectivity index (χ1n) is 8.41. The third-order valence-electron chi connectivity index (χ3n) is 4.44. The molecule has 0 atom stereocenters. The Morgan fingerprint density at radius 1 is 1.04 bits per heavy atom. The summed E-state index contributed by atoms with van der Waals surface area (Å²) in [7, 11) is 3.31. The van der Waals surface area contributed by atoms with Crippen LogP contribution >= 0.6 is 15.9 Å². The minimum Gasteiger partial charge on any atom is -0.493 e. The van der Waals surface area contributed by atoms with Gasteiger partial charge >= 0.3 is 0 Å². The molecule has 3 aromatic rings. The van der Waals surface area contributed by atoms with Crippen LogP contribution in [-0.2, 0) is 6.42 Å². The zero-order valence-electron chi connectivity index (χ0n) is 14.6. The van der Waals surface area contributed by atoms with Crippen LogP contribution in [0.1, 0.15) is 18.4 Å². The van der Waals surface area contributed by atoms with Crippen molar-refractivity contribution < 1.29 is 9.47 Å². The number of hydrogen-bond donors (Lipinski definition) is 2. The lowest BCUT2D eigenvalue weighted by Crippen LogP contribution is -1.99. The summed E-state index contributed by atoms with van der Waals surface area (Å²) in [6, 6.07) is 12.3. The highest BCUT2D eigenvalue weighted by molar-refractivity contribution is 9.10. The normalized spacial score (nSPS) is 11.0. The Labute approximate surface area is 156 Å². The Balaban J connectivity index is 2.14. The fourth-order valence-electron chi connectivity index (χ4n) is 3.18. The van der Waals surface area contributed by atoms with E-state index in [-0.39, 0.29) is 0 Å². The molecule has 2 aromatic carbocycles. The van der Waals surface area contributed by atoms with Crippen LogP contribution in [0.2, 0.25) is 0 Å². The minimum absolute atomic E-state index is 0.720. The molecule has 25 heavy (non-hydrogen) atoms. The number of unbranched alkanes of at least 4 members (excludes halogenated alkanes) is 1. The molecule has 0 aliphatic carbocycles. The number of aromatic nitrogens is 1. The summed E-state index contributed by atoms with van der Waals surface area (Å²) in [5.74, 6) is 1.46. The predicted octanol–water partition coefficient (Wildman–Crippen LogP) is 4.90. The highest BCUT2D eigenvalue weighted by Gasteiger charge is 2.16. The second-order valence-electron chi connectivity index (χ2n) is 5.96. The molecule has 3 N–H and O–H groups in total. The van der Waals surface area contributed by atoms with Crippen molar-refractivity contribution in [3.8, 4) is 22.8 Å². The summed E-state index contributed by atoms with van der Waals surface area (Å²) >= 11 is 3.65. The van der Waals surface area contributed by atoms with E-state index in [1.165, 1.54) is 10.9 Å². The van der Waals surface area contributed by atoms with Gasteiger partial charge in [-0.15, -0.1) is 0 Å². The molecular formula is C20H23BrN2O2. The van der Waals surface area contributed by atoms with Crippen LogP contribution in [0.15, 0.2) is 40.9 Å². The molecule has 4 nitrogen and oxygen atoms in total. The molecule has 0 aliphatic heterocycles. The number of ether oxygens (including phenoxy) is 2. The molecule has 0 saturated heterocycles. The van der Waals surface area contributed by atoms with Crippen LogP contribution in [0.3, 0.4) is 0 Å². The molecule has 0 unspecified atom stereocenters. The van der Waals surface area contributed by atoms with E-state index in [2.05, 4.69) is 45.2 Å². The van der Waals surface area contributed by atoms with Gasteiger partial charge in [0, 0.05) is 21.1 Å². The Bertz CT molecular complexity index is 874. The van der Waals surface area contributed by atoms with E-state index in [4.69, 9.17) is 15.2 Å². The van der Waals surface area contributed by atoms with Crippen LogP contribution in [-0.4, -0.2) is 25.7 Å². The highest BCUT2D eigenvalue weighted by Crippen LogP contribution is 2.38. The number of H-pyrrole nitrogens is 1. The first-order chi connectivity index (χ1) is 12.2. The van der Waals surface area contributed by atoms with Crippen molar-refractivity contribution in [3.63, 3.8) is 0 Å². The number of nitrogens with two attached hydrogens (primary N) is 1. The molecule has 0 amide bonds. The van der Waals surface area contributed by atoms with Crippen molar-refractivity contribution in [2.24, 2.45) is 5.73 Å². The van der Waals surface area contributed by atoms with Gasteiger partial charge in [0.25, 0.3) is 0 Å². The fourth-order valence-corrected chi connectivity index (χ4v) is 3.65. The lowest BCUT2D eigenvalue weighted by molar-refractivity contribution is 0.355.